The lowest BCUT2D eigenvalue weighted by Gasteiger charge is -2.26. The van der Waals surface area contributed by atoms with Gasteiger partial charge >= 0.3 is 0 Å². The fourth-order valence-electron chi connectivity index (χ4n) is 8.78. The summed E-state index contributed by atoms with van der Waals surface area (Å²) in [6.45, 7) is 19.4. The van der Waals surface area contributed by atoms with E-state index in [9.17, 15) is 4.79 Å². The molecule has 1 aromatic carbocycles. The normalized spacial score (nSPS) is 11.7. The summed E-state index contributed by atoms with van der Waals surface area (Å²) in [7, 11) is 0. The lowest BCUT2D eigenvalue weighted by Crippen LogP contribution is -2.32. The highest BCUT2D eigenvalue weighted by atomic mass is 16.1. The Labute approximate surface area is 364 Å². The van der Waals surface area contributed by atoms with Crippen LogP contribution in [0.3, 0.4) is 0 Å². The molecular formula is C54H103N3O. The SMILES string of the molecule is CCCCCCCCCCCCN(CCCCCCCCCCCC)CCCN(CCCCCCCCCCCC)CCCCCC(=O)NCc1ccc(C)cc1C. The molecule has 0 aliphatic heterocycles. The molecule has 0 saturated heterocycles. The molecule has 0 heterocycles. The fourth-order valence-corrected chi connectivity index (χ4v) is 8.78. The first-order valence-corrected chi connectivity index (χ1v) is 26.3. The number of aryl methyl sites for hydroxylation is 2. The molecule has 0 fully saturated rings. The number of carbonyl (C=O) groups is 1. The second-order valence-corrected chi connectivity index (χ2v) is 18.6. The summed E-state index contributed by atoms with van der Waals surface area (Å²) < 4.78 is 0. The molecule has 0 atom stereocenters. The second-order valence-electron chi connectivity index (χ2n) is 18.6. The number of hydrogen-bond acceptors (Lipinski definition) is 3. The van der Waals surface area contributed by atoms with Gasteiger partial charge in [0.15, 0.2) is 0 Å². The van der Waals surface area contributed by atoms with Crippen molar-refractivity contribution in [3.05, 3.63) is 34.9 Å². The molecule has 4 nitrogen and oxygen atoms in total. The van der Waals surface area contributed by atoms with Crippen LogP contribution in [-0.2, 0) is 11.3 Å². The molecular weight excluding hydrogens is 707 g/mol. The van der Waals surface area contributed by atoms with Crippen molar-refractivity contribution in [1.29, 1.82) is 0 Å². The smallest absolute Gasteiger partial charge is 0.220 e. The number of nitrogens with zero attached hydrogens (tertiary/aromatic N) is 2. The van der Waals surface area contributed by atoms with Gasteiger partial charge in [0.1, 0.15) is 0 Å². The minimum absolute atomic E-state index is 0.201. The van der Waals surface area contributed by atoms with E-state index < -0.39 is 0 Å². The average molecular weight is 810 g/mol. The summed E-state index contributed by atoms with van der Waals surface area (Å²) >= 11 is 0. The summed E-state index contributed by atoms with van der Waals surface area (Å²) in [6, 6.07) is 6.51. The van der Waals surface area contributed by atoms with Crippen molar-refractivity contribution < 1.29 is 4.79 Å². The zero-order valence-electron chi connectivity index (χ0n) is 40.2. The van der Waals surface area contributed by atoms with Gasteiger partial charge in [-0.3, -0.25) is 4.79 Å². The molecule has 1 N–H and O–H groups in total. The monoisotopic (exact) mass is 810 g/mol. The molecule has 4 heteroatoms. The van der Waals surface area contributed by atoms with Crippen molar-refractivity contribution in [2.75, 3.05) is 39.3 Å². The predicted molar refractivity (Wildman–Crippen MR) is 259 cm³/mol. The van der Waals surface area contributed by atoms with E-state index in [1.807, 2.05) is 0 Å². The lowest BCUT2D eigenvalue weighted by atomic mass is 10.1. The van der Waals surface area contributed by atoms with E-state index in [2.05, 4.69) is 67.9 Å². The van der Waals surface area contributed by atoms with Gasteiger partial charge in [0.05, 0.1) is 0 Å². The van der Waals surface area contributed by atoms with Crippen LogP contribution in [0.1, 0.15) is 262 Å². The fraction of sp³-hybridized carbons (Fsp3) is 0.870. The van der Waals surface area contributed by atoms with E-state index in [4.69, 9.17) is 0 Å². The molecule has 340 valence electrons. The molecule has 0 unspecified atom stereocenters. The van der Waals surface area contributed by atoms with Crippen LogP contribution in [0.4, 0.5) is 0 Å². The van der Waals surface area contributed by atoms with E-state index in [0.717, 1.165) is 12.8 Å². The van der Waals surface area contributed by atoms with E-state index >= 15 is 0 Å². The van der Waals surface area contributed by atoms with Crippen LogP contribution >= 0.6 is 0 Å². The van der Waals surface area contributed by atoms with Gasteiger partial charge in [-0.1, -0.05) is 224 Å². The van der Waals surface area contributed by atoms with E-state index in [1.165, 1.54) is 261 Å². The number of rotatable bonds is 45. The van der Waals surface area contributed by atoms with Crippen LogP contribution in [0.25, 0.3) is 0 Å². The Bertz CT molecular complexity index is 986. The molecule has 0 spiro atoms. The summed E-state index contributed by atoms with van der Waals surface area (Å²) in [5.41, 5.74) is 3.77. The molecule has 0 aliphatic carbocycles. The van der Waals surface area contributed by atoms with Crippen LogP contribution < -0.4 is 5.32 Å². The summed E-state index contributed by atoms with van der Waals surface area (Å²) in [5.74, 6) is 0.201. The predicted octanol–water partition coefficient (Wildman–Crippen LogP) is 16.2. The van der Waals surface area contributed by atoms with Crippen LogP contribution in [0.5, 0.6) is 0 Å². The van der Waals surface area contributed by atoms with E-state index in [-0.39, 0.29) is 5.91 Å². The Hall–Kier alpha value is -1.39. The minimum atomic E-state index is 0.201. The summed E-state index contributed by atoms with van der Waals surface area (Å²) in [4.78, 5) is 18.3. The van der Waals surface area contributed by atoms with Gasteiger partial charge in [0, 0.05) is 13.0 Å². The van der Waals surface area contributed by atoms with Crippen molar-refractivity contribution in [2.24, 2.45) is 0 Å². The van der Waals surface area contributed by atoms with Gasteiger partial charge < -0.3 is 15.1 Å². The second kappa shape index (κ2) is 42.3. The Balaban J connectivity index is 2.53. The van der Waals surface area contributed by atoms with Crippen LogP contribution in [-0.4, -0.2) is 55.0 Å². The van der Waals surface area contributed by atoms with Gasteiger partial charge in [0.25, 0.3) is 0 Å². The topological polar surface area (TPSA) is 35.6 Å². The first kappa shape index (κ1) is 54.6. The molecule has 0 saturated carbocycles. The zero-order valence-corrected chi connectivity index (χ0v) is 40.2. The van der Waals surface area contributed by atoms with Gasteiger partial charge in [-0.25, -0.2) is 0 Å². The highest BCUT2D eigenvalue weighted by Gasteiger charge is 2.10. The lowest BCUT2D eigenvalue weighted by molar-refractivity contribution is -0.121. The Morgan fingerprint density at radius 2 is 0.724 bits per heavy atom. The molecule has 0 radical (unpaired) electrons. The van der Waals surface area contributed by atoms with Crippen molar-refractivity contribution in [2.45, 2.75) is 266 Å². The maximum Gasteiger partial charge on any atom is 0.220 e. The molecule has 58 heavy (non-hydrogen) atoms. The number of nitrogens with one attached hydrogen (secondary N) is 1. The number of hydrogen-bond donors (Lipinski definition) is 1. The highest BCUT2D eigenvalue weighted by molar-refractivity contribution is 5.75. The molecule has 1 amide bonds. The standard InChI is InChI=1S/C54H103N3O/c1-6-9-12-15-18-21-24-27-30-35-43-56(44-36-31-28-25-22-19-16-13-10-7-2)47-39-48-57(45-37-32-29-26-23-20-17-14-11-8-3)46-38-33-34-40-54(58)55-50-53-42-41-51(4)49-52(53)5/h41-42,49H,6-40,43-48,50H2,1-5H3,(H,55,58). The maximum absolute atomic E-state index is 12.7. The van der Waals surface area contributed by atoms with E-state index in [0.29, 0.717) is 13.0 Å². The van der Waals surface area contributed by atoms with Crippen molar-refractivity contribution in [3.63, 3.8) is 0 Å². The van der Waals surface area contributed by atoms with Gasteiger partial charge in [0.2, 0.25) is 5.91 Å². The average Bonchev–Trinajstić information content (AvgIpc) is 3.21. The van der Waals surface area contributed by atoms with Gasteiger partial charge in [-0.2, -0.15) is 0 Å². The first-order chi connectivity index (χ1) is 28.5. The van der Waals surface area contributed by atoms with Crippen molar-refractivity contribution in [1.82, 2.24) is 15.1 Å². The number of unbranched alkanes of at least 4 members (excludes halogenated alkanes) is 29. The van der Waals surface area contributed by atoms with E-state index in [1.54, 1.807) is 0 Å². The molecule has 0 aromatic heterocycles. The number of carbonyl (C=O) groups excluding carboxylic acids is 1. The Kier molecular flexibility index (Phi) is 39.8. The Morgan fingerprint density at radius 1 is 0.414 bits per heavy atom. The maximum atomic E-state index is 12.7. The third-order valence-corrected chi connectivity index (χ3v) is 12.8. The zero-order chi connectivity index (χ0) is 42.0. The first-order valence-electron chi connectivity index (χ1n) is 26.3. The van der Waals surface area contributed by atoms with Crippen molar-refractivity contribution >= 4 is 5.91 Å². The molecule has 1 aromatic rings. The molecule has 0 bridgehead atoms. The van der Waals surface area contributed by atoms with Crippen LogP contribution in [0, 0.1) is 13.8 Å². The number of benzene rings is 1. The third-order valence-electron chi connectivity index (χ3n) is 12.8. The Morgan fingerprint density at radius 3 is 1.07 bits per heavy atom. The van der Waals surface area contributed by atoms with Crippen LogP contribution in [0.2, 0.25) is 0 Å². The summed E-state index contributed by atoms with van der Waals surface area (Å²) in [6.07, 6.45) is 47.8. The largest absolute Gasteiger partial charge is 0.352 e. The third kappa shape index (κ3) is 35.4. The quantitative estimate of drug-likeness (QED) is 0.0667. The summed E-state index contributed by atoms with van der Waals surface area (Å²) in [5, 5.41) is 3.18. The van der Waals surface area contributed by atoms with Gasteiger partial charge in [-0.05, 0) is 103 Å². The number of amides is 1. The molecule has 1 rings (SSSR count). The van der Waals surface area contributed by atoms with Crippen LogP contribution in [0.15, 0.2) is 18.2 Å². The minimum Gasteiger partial charge on any atom is -0.352 e. The highest BCUT2D eigenvalue weighted by Crippen LogP contribution is 2.16. The van der Waals surface area contributed by atoms with Gasteiger partial charge in [-0.15, -0.1) is 0 Å². The van der Waals surface area contributed by atoms with Crippen molar-refractivity contribution in [3.8, 4) is 0 Å². The molecule has 0 aliphatic rings.